The average Bonchev–Trinajstić information content (AvgIpc) is 3.16. The van der Waals surface area contributed by atoms with Crippen molar-refractivity contribution < 1.29 is 14.0 Å². The van der Waals surface area contributed by atoms with E-state index in [0.717, 1.165) is 10.9 Å². The van der Waals surface area contributed by atoms with Crippen molar-refractivity contribution in [1.82, 2.24) is 4.57 Å². The van der Waals surface area contributed by atoms with Gasteiger partial charge >= 0.3 is 0 Å². The summed E-state index contributed by atoms with van der Waals surface area (Å²) in [6, 6.07) is 23.6. The van der Waals surface area contributed by atoms with Crippen molar-refractivity contribution in [3.8, 4) is 6.07 Å². The normalized spacial score (nSPS) is 11.2. The van der Waals surface area contributed by atoms with Gasteiger partial charge < -0.3 is 9.88 Å². The van der Waals surface area contributed by atoms with Crippen molar-refractivity contribution in [3.63, 3.8) is 0 Å². The monoisotopic (exact) mass is 423 g/mol. The second-order valence-corrected chi connectivity index (χ2v) is 7.15. The average molecular weight is 423 g/mol. The Morgan fingerprint density at radius 1 is 0.969 bits per heavy atom. The van der Waals surface area contributed by atoms with Crippen molar-refractivity contribution >= 4 is 34.4 Å². The van der Waals surface area contributed by atoms with Gasteiger partial charge in [-0.25, -0.2) is 4.39 Å². The zero-order valence-electron chi connectivity index (χ0n) is 17.0. The lowest BCUT2D eigenvalue weighted by molar-refractivity contribution is -0.116. The van der Waals surface area contributed by atoms with E-state index in [1.165, 1.54) is 24.3 Å². The minimum atomic E-state index is -0.380. The summed E-state index contributed by atoms with van der Waals surface area (Å²) in [5, 5.41) is 13.1. The molecule has 32 heavy (non-hydrogen) atoms. The Kier molecular flexibility index (Phi) is 5.91. The minimum Gasteiger partial charge on any atom is -0.337 e. The number of anilines is 1. The smallest absolute Gasteiger partial charge is 0.244 e. The highest BCUT2D eigenvalue weighted by molar-refractivity contribution is 6.14. The number of carbonyl (C=O) groups excluding carboxylic acids is 2. The molecule has 3 aromatic carbocycles. The largest absolute Gasteiger partial charge is 0.337 e. The first-order valence-electron chi connectivity index (χ1n) is 9.90. The van der Waals surface area contributed by atoms with Crippen LogP contribution < -0.4 is 5.32 Å². The molecule has 6 heteroatoms. The quantitative estimate of drug-likeness (QED) is 0.263. The molecule has 5 nitrogen and oxygen atoms in total. The van der Waals surface area contributed by atoms with Crippen LogP contribution >= 0.6 is 0 Å². The summed E-state index contributed by atoms with van der Waals surface area (Å²) in [5.74, 6) is -1.03. The van der Waals surface area contributed by atoms with Crippen LogP contribution in [0.1, 0.15) is 15.9 Å². The molecule has 0 bridgehead atoms. The molecule has 1 amide bonds. The number of allylic oxidation sites excluding steroid dienone is 1. The Labute approximate surface area is 184 Å². The van der Waals surface area contributed by atoms with Gasteiger partial charge in [-0.05, 0) is 36.4 Å². The van der Waals surface area contributed by atoms with Gasteiger partial charge in [0.25, 0.3) is 0 Å². The molecule has 0 atom stereocenters. The van der Waals surface area contributed by atoms with E-state index in [2.05, 4.69) is 5.32 Å². The van der Waals surface area contributed by atoms with Crippen molar-refractivity contribution in [2.75, 3.05) is 5.32 Å². The maximum Gasteiger partial charge on any atom is 0.244 e. The van der Waals surface area contributed by atoms with E-state index >= 15 is 0 Å². The number of Topliss-reactive ketones (excluding diaryl/α,β-unsaturated/α-hetero) is 1. The van der Waals surface area contributed by atoms with E-state index < -0.39 is 0 Å². The molecule has 0 saturated carbocycles. The molecule has 156 valence electrons. The summed E-state index contributed by atoms with van der Waals surface area (Å²) in [6.07, 6.45) is 3.29. The standard InChI is InChI=1S/C26H18FN3O2/c27-21-10-12-22(13-11-21)29-25(31)17-30-16-20(23-8-4-5-9-24(23)30)14-19(15-28)26(32)18-6-2-1-3-7-18/h1-14,16H,17H2,(H,29,31). The summed E-state index contributed by atoms with van der Waals surface area (Å²) in [7, 11) is 0. The lowest BCUT2D eigenvalue weighted by atomic mass is 10.0. The second-order valence-electron chi connectivity index (χ2n) is 7.15. The number of nitrogens with one attached hydrogen (secondary N) is 1. The van der Waals surface area contributed by atoms with Gasteiger partial charge in [0.1, 0.15) is 24.0 Å². The molecule has 0 unspecified atom stereocenters. The van der Waals surface area contributed by atoms with Gasteiger partial charge in [0.2, 0.25) is 11.7 Å². The van der Waals surface area contributed by atoms with Gasteiger partial charge in [-0.2, -0.15) is 5.26 Å². The van der Waals surface area contributed by atoms with E-state index in [4.69, 9.17) is 0 Å². The fourth-order valence-electron chi connectivity index (χ4n) is 3.46. The third-order valence-electron chi connectivity index (χ3n) is 4.96. The van der Waals surface area contributed by atoms with E-state index in [1.54, 1.807) is 47.2 Å². The Balaban J connectivity index is 1.64. The number of para-hydroxylation sites is 1. The number of halogens is 1. The fraction of sp³-hybridized carbons (Fsp3) is 0.0385. The molecule has 0 saturated heterocycles. The van der Waals surface area contributed by atoms with Crippen LogP contribution in [0.3, 0.4) is 0 Å². The van der Waals surface area contributed by atoms with E-state index in [-0.39, 0.29) is 29.6 Å². The summed E-state index contributed by atoms with van der Waals surface area (Å²) < 4.78 is 14.8. The Hall–Kier alpha value is -4.50. The van der Waals surface area contributed by atoms with Crippen LogP contribution in [0.25, 0.3) is 17.0 Å². The molecule has 0 fully saturated rings. The number of aromatic nitrogens is 1. The van der Waals surface area contributed by atoms with Crippen molar-refractivity contribution in [1.29, 1.82) is 5.26 Å². The first-order valence-corrected chi connectivity index (χ1v) is 9.90. The third-order valence-corrected chi connectivity index (χ3v) is 4.96. The van der Waals surface area contributed by atoms with Crippen LogP contribution in [0, 0.1) is 17.1 Å². The van der Waals surface area contributed by atoms with E-state index in [0.29, 0.717) is 16.8 Å². The maximum absolute atomic E-state index is 13.1. The number of nitriles is 1. The van der Waals surface area contributed by atoms with Crippen molar-refractivity contribution in [2.24, 2.45) is 0 Å². The lowest BCUT2D eigenvalue weighted by Gasteiger charge is -2.07. The topological polar surface area (TPSA) is 74.9 Å². The van der Waals surface area contributed by atoms with Crippen LogP contribution in [0.2, 0.25) is 0 Å². The zero-order chi connectivity index (χ0) is 22.5. The zero-order valence-corrected chi connectivity index (χ0v) is 17.0. The summed E-state index contributed by atoms with van der Waals surface area (Å²) >= 11 is 0. The molecular weight excluding hydrogens is 405 g/mol. The second kappa shape index (κ2) is 9.11. The van der Waals surface area contributed by atoms with E-state index in [1.807, 2.05) is 30.3 Å². The highest BCUT2D eigenvalue weighted by Crippen LogP contribution is 2.24. The molecule has 1 heterocycles. The van der Waals surface area contributed by atoms with Gasteiger partial charge in [0.05, 0.1) is 0 Å². The first kappa shape index (κ1) is 20.8. The predicted octanol–water partition coefficient (Wildman–Crippen LogP) is 5.21. The predicted molar refractivity (Wildman–Crippen MR) is 121 cm³/mol. The number of rotatable bonds is 6. The van der Waals surface area contributed by atoms with Crippen LogP contribution in [-0.4, -0.2) is 16.3 Å². The third kappa shape index (κ3) is 4.47. The first-order chi connectivity index (χ1) is 15.5. The number of hydrogen-bond donors (Lipinski definition) is 1. The van der Waals surface area contributed by atoms with E-state index in [9.17, 15) is 19.2 Å². The number of ketones is 1. The van der Waals surface area contributed by atoms with Gasteiger partial charge in [-0.1, -0.05) is 48.5 Å². The number of benzene rings is 3. The minimum absolute atomic E-state index is 0.00914. The Morgan fingerprint density at radius 3 is 2.38 bits per heavy atom. The lowest BCUT2D eigenvalue weighted by Crippen LogP contribution is -2.18. The van der Waals surface area contributed by atoms with Crippen molar-refractivity contribution in [3.05, 3.63) is 108 Å². The molecular formula is C26H18FN3O2. The van der Waals surface area contributed by atoms with Gasteiger partial charge in [0.15, 0.2) is 0 Å². The van der Waals surface area contributed by atoms with Gasteiger partial charge in [-0.15, -0.1) is 0 Å². The van der Waals surface area contributed by atoms with Crippen molar-refractivity contribution in [2.45, 2.75) is 6.54 Å². The molecule has 0 spiro atoms. The maximum atomic E-state index is 13.1. The molecule has 0 aliphatic carbocycles. The molecule has 0 aliphatic rings. The van der Waals surface area contributed by atoms with Crippen LogP contribution in [0.4, 0.5) is 10.1 Å². The molecule has 0 radical (unpaired) electrons. The summed E-state index contributed by atoms with van der Waals surface area (Å²) in [4.78, 5) is 25.3. The highest BCUT2D eigenvalue weighted by Gasteiger charge is 2.15. The van der Waals surface area contributed by atoms with Crippen LogP contribution in [-0.2, 0) is 11.3 Å². The molecule has 4 aromatic rings. The van der Waals surface area contributed by atoms with Crippen LogP contribution in [0.5, 0.6) is 0 Å². The number of hydrogen-bond acceptors (Lipinski definition) is 3. The number of nitrogens with zero attached hydrogens (tertiary/aromatic N) is 2. The number of carbonyl (C=O) groups is 2. The Morgan fingerprint density at radius 2 is 1.66 bits per heavy atom. The van der Waals surface area contributed by atoms with Crippen LogP contribution in [0.15, 0.2) is 90.6 Å². The SMILES string of the molecule is N#CC(=Cc1cn(CC(=O)Nc2ccc(F)cc2)c2ccccc12)C(=O)c1ccccc1. The summed E-state index contributed by atoms with van der Waals surface area (Å²) in [6.45, 7) is 0.0141. The highest BCUT2D eigenvalue weighted by atomic mass is 19.1. The number of fused-ring (bicyclic) bond motifs is 1. The molecule has 1 aromatic heterocycles. The Bertz CT molecular complexity index is 1360. The number of amides is 1. The van der Waals surface area contributed by atoms with Gasteiger partial charge in [-0.3, -0.25) is 9.59 Å². The summed E-state index contributed by atoms with van der Waals surface area (Å²) in [5.41, 5.74) is 2.39. The molecule has 1 N–H and O–H groups in total. The molecule has 4 rings (SSSR count). The van der Waals surface area contributed by atoms with Gasteiger partial charge in [0, 0.05) is 33.9 Å². The fourth-order valence-corrected chi connectivity index (χ4v) is 3.46. The molecule has 0 aliphatic heterocycles.